The van der Waals surface area contributed by atoms with Crippen LogP contribution in [0.25, 0.3) is 0 Å². The van der Waals surface area contributed by atoms with E-state index in [0.29, 0.717) is 5.75 Å². The molecule has 0 aliphatic heterocycles. The molecule has 0 aromatic heterocycles. The quantitative estimate of drug-likeness (QED) is 0.655. The van der Waals surface area contributed by atoms with Crippen molar-refractivity contribution in [2.24, 2.45) is 0 Å². The number of nitrogens with zero attached hydrogens (tertiary/aromatic N) is 1. The summed E-state index contributed by atoms with van der Waals surface area (Å²) in [5.41, 5.74) is 0. The summed E-state index contributed by atoms with van der Waals surface area (Å²) in [4.78, 5) is 35.8. The van der Waals surface area contributed by atoms with Gasteiger partial charge in [0.05, 0.1) is 20.6 Å². The van der Waals surface area contributed by atoms with Gasteiger partial charge in [0.25, 0.3) is 5.91 Å². The van der Waals surface area contributed by atoms with Gasteiger partial charge in [0.2, 0.25) is 0 Å². The van der Waals surface area contributed by atoms with Crippen LogP contribution in [-0.4, -0.2) is 56.7 Å². The molecule has 0 atom stereocenters. The minimum absolute atomic E-state index is 0.00935. The molecular formula is C15H19NO6. The Labute approximate surface area is 128 Å². The molecule has 22 heavy (non-hydrogen) atoms. The molecule has 0 saturated heterocycles. The van der Waals surface area contributed by atoms with Gasteiger partial charge in [0.1, 0.15) is 12.3 Å². The van der Waals surface area contributed by atoms with E-state index in [1.54, 1.807) is 24.3 Å². The van der Waals surface area contributed by atoms with Crippen LogP contribution >= 0.6 is 0 Å². The average molecular weight is 309 g/mol. The fraction of sp³-hybridized carbons (Fsp3) is 0.400. The van der Waals surface area contributed by atoms with E-state index < -0.39 is 17.8 Å². The molecule has 7 heteroatoms. The van der Waals surface area contributed by atoms with E-state index in [4.69, 9.17) is 4.74 Å². The SMILES string of the molecule is COC(=O)CCN(CC(=O)OC)C(=O)COc1ccccc1. The Balaban J connectivity index is 2.57. The summed E-state index contributed by atoms with van der Waals surface area (Å²) in [6.07, 6.45) is -0.00935. The maximum absolute atomic E-state index is 12.1. The van der Waals surface area contributed by atoms with Crippen molar-refractivity contribution in [3.63, 3.8) is 0 Å². The molecular weight excluding hydrogens is 290 g/mol. The fourth-order valence-electron chi connectivity index (χ4n) is 1.59. The number of hydrogen-bond acceptors (Lipinski definition) is 6. The van der Waals surface area contributed by atoms with E-state index in [-0.39, 0.29) is 26.1 Å². The minimum Gasteiger partial charge on any atom is -0.484 e. The van der Waals surface area contributed by atoms with Crippen LogP contribution in [0.4, 0.5) is 0 Å². The van der Waals surface area contributed by atoms with Gasteiger partial charge >= 0.3 is 11.9 Å². The second kappa shape index (κ2) is 9.38. The van der Waals surface area contributed by atoms with Crippen molar-refractivity contribution in [2.45, 2.75) is 6.42 Å². The van der Waals surface area contributed by atoms with Crippen molar-refractivity contribution in [3.05, 3.63) is 30.3 Å². The number of para-hydroxylation sites is 1. The molecule has 0 saturated carbocycles. The van der Waals surface area contributed by atoms with Gasteiger partial charge in [-0.2, -0.15) is 0 Å². The average Bonchev–Trinajstić information content (AvgIpc) is 2.56. The second-order valence-electron chi connectivity index (χ2n) is 4.32. The van der Waals surface area contributed by atoms with E-state index in [1.807, 2.05) is 6.07 Å². The Morgan fingerprint density at radius 3 is 2.23 bits per heavy atom. The number of ether oxygens (including phenoxy) is 3. The topological polar surface area (TPSA) is 82.1 Å². The number of benzene rings is 1. The Bertz CT molecular complexity index is 502. The van der Waals surface area contributed by atoms with Gasteiger partial charge in [0, 0.05) is 6.54 Å². The van der Waals surface area contributed by atoms with Crippen molar-refractivity contribution in [1.82, 2.24) is 4.90 Å². The zero-order valence-electron chi connectivity index (χ0n) is 12.6. The van der Waals surface area contributed by atoms with Crippen LogP contribution in [0.5, 0.6) is 5.75 Å². The van der Waals surface area contributed by atoms with Crippen LogP contribution in [0.1, 0.15) is 6.42 Å². The predicted octanol–water partition coefficient (Wildman–Crippen LogP) is 0.630. The van der Waals surface area contributed by atoms with Gasteiger partial charge in [-0.1, -0.05) is 18.2 Å². The summed E-state index contributed by atoms with van der Waals surface area (Å²) in [5.74, 6) is -0.912. The zero-order chi connectivity index (χ0) is 16.4. The number of rotatable bonds is 8. The van der Waals surface area contributed by atoms with Gasteiger partial charge in [-0.05, 0) is 12.1 Å². The number of esters is 2. The highest BCUT2D eigenvalue weighted by Gasteiger charge is 2.19. The molecule has 1 aromatic carbocycles. The molecule has 7 nitrogen and oxygen atoms in total. The van der Waals surface area contributed by atoms with Crippen LogP contribution in [0, 0.1) is 0 Å². The normalized spacial score (nSPS) is 9.73. The molecule has 0 radical (unpaired) electrons. The van der Waals surface area contributed by atoms with Crippen molar-refractivity contribution >= 4 is 17.8 Å². The second-order valence-corrected chi connectivity index (χ2v) is 4.32. The number of hydrogen-bond donors (Lipinski definition) is 0. The molecule has 1 aromatic rings. The molecule has 0 unspecified atom stereocenters. The largest absolute Gasteiger partial charge is 0.484 e. The Morgan fingerprint density at radius 2 is 1.64 bits per heavy atom. The Hall–Kier alpha value is -2.57. The monoisotopic (exact) mass is 309 g/mol. The van der Waals surface area contributed by atoms with Gasteiger partial charge < -0.3 is 19.1 Å². The first-order chi connectivity index (χ1) is 10.6. The van der Waals surface area contributed by atoms with Crippen LogP contribution in [0.3, 0.4) is 0 Å². The minimum atomic E-state index is -0.571. The third-order valence-corrected chi connectivity index (χ3v) is 2.82. The molecule has 0 spiro atoms. The van der Waals surface area contributed by atoms with Crippen molar-refractivity contribution < 1.29 is 28.6 Å². The molecule has 0 bridgehead atoms. The molecule has 0 heterocycles. The first-order valence-electron chi connectivity index (χ1n) is 6.66. The van der Waals surface area contributed by atoms with Crippen LogP contribution in [0.2, 0.25) is 0 Å². The third-order valence-electron chi connectivity index (χ3n) is 2.82. The maximum Gasteiger partial charge on any atom is 0.325 e. The number of carbonyl (C=O) groups excluding carboxylic acids is 3. The smallest absolute Gasteiger partial charge is 0.325 e. The lowest BCUT2D eigenvalue weighted by atomic mass is 10.3. The molecule has 0 aliphatic rings. The van der Waals surface area contributed by atoms with E-state index in [1.165, 1.54) is 19.1 Å². The summed E-state index contributed by atoms with van der Waals surface area (Å²) >= 11 is 0. The summed E-state index contributed by atoms with van der Waals surface area (Å²) in [5, 5.41) is 0. The van der Waals surface area contributed by atoms with E-state index in [2.05, 4.69) is 9.47 Å². The lowest BCUT2D eigenvalue weighted by molar-refractivity contribution is -0.149. The number of carbonyl (C=O) groups is 3. The van der Waals surface area contributed by atoms with Crippen LogP contribution in [-0.2, 0) is 23.9 Å². The van der Waals surface area contributed by atoms with Crippen LogP contribution < -0.4 is 4.74 Å². The first-order valence-corrected chi connectivity index (χ1v) is 6.66. The summed E-state index contributed by atoms with van der Waals surface area (Å²) < 4.78 is 14.4. The third kappa shape index (κ3) is 6.25. The standard InChI is InChI=1S/C15H19NO6/c1-20-14(18)8-9-16(10-15(19)21-2)13(17)11-22-12-6-4-3-5-7-12/h3-7H,8-11H2,1-2H3. The van der Waals surface area contributed by atoms with Crippen LogP contribution in [0.15, 0.2) is 30.3 Å². The van der Waals surface area contributed by atoms with Gasteiger partial charge in [-0.3, -0.25) is 14.4 Å². The fourth-order valence-corrected chi connectivity index (χ4v) is 1.59. The number of methoxy groups -OCH3 is 2. The molecule has 0 fully saturated rings. The first kappa shape index (κ1) is 17.5. The molecule has 1 amide bonds. The number of amides is 1. The Kier molecular flexibility index (Phi) is 7.45. The lowest BCUT2D eigenvalue weighted by Gasteiger charge is -2.21. The predicted molar refractivity (Wildman–Crippen MR) is 77.2 cm³/mol. The molecule has 0 aliphatic carbocycles. The van der Waals surface area contributed by atoms with Crippen molar-refractivity contribution in [3.8, 4) is 5.75 Å². The highest BCUT2D eigenvalue weighted by atomic mass is 16.5. The van der Waals surface area contributed by atoms with Gasteiger partial charge in [0.15, 0.2) is 6.61 Å². The molecule has 120 valence electrons. The Morgan fingerprint density at radius 1 is 1.00 bits per heavy atom. The van der Waals surface area contributed by atoms with E-state index in [0.717, 1.165) is 0 Å². The van der Waals surface area contributed by atoms with Gasteiger partial charge in [-0.25, -0.2) is 0 Å². The van der Waals surface area contributed by atoms with Gasteiger partial charge in [-0.15, -0.1) is 0 Å². The summed E-state index contributed by atoms with van der Waals surface area (Å²) in [6.45, 7) is -0.425. The van der Waals surface area contributed by atoms with E-state index >= 15 is 0 Å². The highest BCUT2D eigenvalue weighted by molar-refractivity contribution is 5.83. The van der Waals surface area contributed by atoms with Crippen molar-refractivity contribution in [1.29, 1.82) is 0 Å². The van der Waals surface area contributed by atoms with Crippen molar-refractivity contribution in [2.75, 3.05) is 33.9 Å². The summed E-state index contributed by atoms with van der Waals surface area (Å²) in [7, 11) is 2.49. The summed E-state index contributed by atoms with van der Waals surface area (Å²) in [6, 6.07) is 8.82. The van der Waals surface area contributed by atoms with E-state index in [9.17, 15) is 14.4 Å². The molecule has 1 rings (SSSR count). The molecule has 0 N–H and O–H groups in total. The lowest BCUT2D eigenvalue weighted by Crippen LogP contribution is -2.40. The zero-order valence-corrected chi connectivity index (χ0v) is 12.6. The maximum atomic E-state index is 12.1. The highest BCUT2D eigenvalue weighted by Crippen LogP contribution is 2.08.